The fourth-order valence-electron chi connectivity index (χ4n) is 1.12. The molecule has 2 N–H and O–H groups in total. The van der Waals surface area contributed by atoms with Gasteiger partial charge in [-0.05, 0) is 18.9 Å². The molecule has 0 rings (SSSR count). The quantitative estimate of drug-likeness (QED) is 0.285. The Morgan fingerprint density at radius 1 is 1.24 bits per heavy atom. The molecular weight excluding hydrogens is 222 g/mol. The van der Waals surface area contributed by atoms with Gasteiger partial charge in [0, 0.05) is 6.54 Å². The first kappa shape index (κ1) is 15.1. The zero-order valence-corrected chi connectivity index (χ0v) is 9.70. The summed E-state index contributed by atoms with van der Waals surface area (Å²) in [5, 5.41) is 4.63. The minimum atomic E-state index is -0.519. The maximum atomic E-state index is 11.0. The maximum Gasteiger partial charge on any atom is 0.321 e. The molecule has 0 aliphatic rings. The van der Waals surface area contributed by atoms with Crippen molar-refractivity contribution in [2.45, 2.75) is 25.7 Å². The maximum absolute atomic E-state index is 11.0. The molecule has 0 heterocycles. The standard InChI is InChI=1S/C11H17N3O3/c1-2-10(16)14-11(17)13-8-6-4-3-5-7-12-9-15/h2H,1,3-8H2,(H2,13,14,16,17). The molecule has 0 aliphatic carbocycles. The molecule has 3 amide bonds. The Morgan fingerprint density at radius 3 is 2.59 bits per heavy atom. The van der Waals surface area contributed by atoms with E-state index in [9.17, 15) is 14.4 Å². The van der Waals surface area contributed by atoms with E-state index in [1.54, 1.807) is 0 Å². The Bertz CT molecular complexity index is 309. The van der Waals surface area contributed by atoms with Crippen molar-refractivity contribution in [3.8, 4) is 0 Å². The van der Waals surface area contributed by atoms with Gasteiger partial charge in [0.15, 0.2) is 0 Å². The number of hydrogen-bond donors (Lipinski definition) is 2. The van der Waals surface area contributed by atoms with Gasteiger partial charge in [0.2, 0.25) is 6.08 Å². The highest BCUT2D eigenvalue weighted by Crippen LogP contribution is 1.98. The Hall–Kier alpha value is -1.94. The number of rotatable bonds is 8. The van der Waals surface area contributed by atoms with Crippen molar-refractivity contribution in [3.63, 3.8) is 0 Å². The molecule has 0 aromatic carbocycles. The summed E-state index contributed by atoms with van der Waals surface area (Å²) in [4.78, 5) is 34.9. The van der Waals surface area contributed by atoms with Crippen LogP contribution in [0.1, 0.15) is 25.7 Å². The molecule has 0 radical (unpaired) electrons. The van der Waals surface area contributed by atoms with Crippen LogP contribution < -0.4 is 10.6 Å². The third-order valence-corrected chi connectivity index (χ3v) is 1.97. The average molecular weight is 239 g/mol. The smallest absolute Gasteiger partial charge is 0.321 e. The van der Waals surface area contributed by atoms with Crippen molar-refractivity contribution in [2.24, 2.45) is 4.99 Å². The third kappa shape index (κ3) is 10.3. The second kappa shape index (κ2) is 10.6. The minimum Gasteiger partial charge on any atom is -0.338 e. The number of nitrogens with zero attached hydrogens (tertiary/aromatic N) is 1. The summed E-state index contributed by atoms with van der Waals surface area (Å²) in [5.41, 5.74) is 0. The van der Waals surface area contributed by atoms with Crippen LogP contribution in [-0.4, -0.2) is 31.1 Å². The lowest BCUT2D eigenvalue weighted by Gasteiger charge is -2.04. The second-order valence-corrected chi connectivity index (χ2v) is 3.34. The summed E-state index contributed by atoms with van der Waals surface area (Å²) < 4.78 is 0. The van der Waals surface area contributed by atoms with Gasteiger partial charge in [-0.25, -0.2) is 14.6 Å². The van der Waals surface area contributed by atoms with Crippen LogP contribution in [0.3, 0.4) is 0 Å². The number of amides is 3. The molecule has 94 valence electrons. The van der Waals surface area contributed by atoms with Crippen LogP contribution in [0.15, 0.2) is 17.6 Å². The van der Waals surface area contributed by atoms with Crippen LogP contribution in [-0.2, 0) is 9.59 Å². The highest BCUT2D eigenvalue weighted by molar-refractivity contribution is 5.99. The van der Waals surface area contributed by atoms with E-state index in [0.717, 1.165) is 31.8 Å². The summed E-state index contributed by atoms with van der Waals surface area (Å²) in [6.45, 7) is 4.24. The molecule has 0 atom stereocenters. The Kier molecular flexibility index (Phi) is 9.37. The van der Waals surface area contributed by atoms with E-state index in [1.807, 2.05) is 0 Å². The lowest BCUT2D eigenvalue weighted by molar-refractivity contribution is -0.115. The number of imide groups is 1. The number of urea groups is 1. The van der Waals surface area contributed by atoms with E-state index in [4.69, 9.17) is 0 Å². The number of carbonyl (C=O) groups excluding carboxylic acids is 3. The van der Waals surface area contributed by atoms with Gasteiger partial charge >= 0.3 is 6.03 Å². The van der Waals surface area contributed by atoms with Crippen LogP contribution in [0.2, 0.25) is 0 Å². The first-order valence-corrected chi connectivity index (χ1v) is 5.45. The highest BCUT2D eigenvalue weighted by atomic mass is 16.2. The van der Waals surface area contributed by atoms with Gasteiger partial charge < -0.3 is 5.32 Å². The minimum absolute atomic E-state index is 0.505. The molecule has 0 saturated carbocycles. The molecular formula is C11H17N3O3. The van der Waals surface area contributed by atoms with Crippen LogP contribution in [0, 0.1) is 0 Å². The average Bonchev–Trinajstić information content (AvgIpc) is 2.32. The molecule has 0 unspecified atom stereocenters. The topological polar surface area (TPSA) is 87.6 Å². The van der Waals surface area contributed by atoms with Gasteiger partial charge in [-0.1, -0.05) is 19.4 Å². The number of isocyanates is 1. The van der Waals surface area contributed by atoms with E-state index in [2.05, 4.69) is 22.2 Å². The van der Waals surface area contributed by atoms with E-state index >= 15 is 0 Å². The van der Waals surface area contributed by atoms with Crippen molar-refractivity contribution in [3.05, 3.63) is 12.7 Å². The molecule has 6 nitrogen and oxygen atoms in total. The van der Waals surface area contributed by atoms with Crippen molar-refractivity contribution in [2.75, 3.05) is 13.1 Å². The van der Waals surface area contributed by atoms with Crippen LogP contribution in [0.4, 0.5) is 4.79 Å². The van der Waals surface area contributed by atoms with Gasteiger partial charge in [0.05, 0.1) is 6.54 Å². The lowest BCUT2D eigenvalue weighted by atomic mass is 10.2. The zero-order chi connectivity index (χ0) is 12.9. The first-order chi connectivity index (χ1) is 8.20. The molecule has 0 aromatic rings. The molecule has 0 saturated heterocycles. The Balaban J connectivity index is 3.33. The fraction of sp³-hybridized carbons (Fsp3) is 0.545. The van der Waals surface area contributed by atoms with Crippen molar-refractivity contribution in [1.29, 1.82) is 0 Å². The van der Waals surface area contributed by atoms with Gasteiger partial charge in [-0.3, -0.25) is 10.1 Å². The van der Waals surface area contributed by atoms with Crippen molar-refractivity contribution < 1.29 is 14.4 Å². The second-order valence-electron chi connectivity index (χ2n) is 3.34. The van der Waals surface area contributed by atoms with Crippen LogP contribution in [0.5, 0.6) is 0 Å². The van der Waals surface area contributed by atoms with E-state index in [0.29, 0.717) is 13.1 Å². The highest BCUT2D eigenvalue weighted by Gasteiger charge is 2.01. The summed E-state index contributed by atoms with van der Waals surface area (Å²) in [5.74, 6) is -0.519. The molecule has 17 heavy (non-hydrogen) atoms. The lowest BCUT2D eigenvalue weighted by Crippen LogP contribution is -2.38. The van der Waals surface area contributed by atoms with Crippen LogP contribution >= 0.6 is 0 Å². The molecule has 0 spiro atoms. The number of hydrogen-bond acceptors (Lipinski definition) is 4. The predicted octanol–water partition coefficient (Wildman–Crippen LogP) is 0.894. The Morgan fingerprint density at radius 2 is 1.94 bits per heavy atom. The molecule has 0 aromatic heterocycles. The van der Waals surface area contributed by atoms with Gasteiger partial charge in [-0.2, -0.15) is 0 Å². The predicted molar refractivity (Wildman–Crippen MR) is 63.2 cm³/mol. The number of nitrogens with one attached hydrogen (secondary N) is 2. The van der Waals surface area contributed by atoms with Gasteiger partial charge in [0.25, 0.3) is 5.91 Å². The third-order valence-electron chi connectivity index (χ3n) is 1.97. The molecule has 6 heteroatoms. The number of aliphatic imine (C=N–C) groups is 1. The van der Waals surface area contributed by atoms with Gasteiger partial charge in [-0.15, -0.1) is 0 Å². The summed E-state index contributed by atoms with van der Waals surface area (Å²) in [6, 6.07) is -0.513. The summed E-state index contributed by atoms with van der Waals surface area (Å²) in [6.07, 6.45) is 6.06. The largest absolute Gasteiger partial charge is 0.338 e. The summed E-state index contributed by atoms with van der Waals surface area (Å²) in [7, 11) is 0. The molecule has 0 fully saturated rings. The van der Waals surface area contributed by atoms with Crippen LogP contribution in [0.25, 0.3) is 0 Å². The van der Waals surface area contributed by atoms with Crippen molar-refractivity contribution >= 4 is 18.0 Å². The molecule has 0 bridgehead atoms. The number of unbranched alkanes of at least 4 members (excludes halogenated alkanes) is 3. The SMILES string of the molecule is C=CC(=O)NC(=O)NCCCCCCN=C=O. The van der Waals surface area contributed by atoms with E-state index in [-0.39, 0.29) is 0 Å². The number of carbonyl (C=O) groups is 2. The van der Waals surface area contributed by atoms with E-state index < -0.39 is 11.9 Å². The zero-order valence-electron chi connectivity index (χ0n) is 9.70. The fourth-order valence-corrected chi connectivity index (χ4v) is 1.12. The monoisotopic (exact) mass is 239 g/mol. The van der Waals surface area contributed by atoms with Gasteiger partial charge in [0.1, 0.15) is 0 Å². The van der Waals surface area contributed by atoms with Crippen molar-refractivity contribution in [1.82, 2.24) is 10.6 Å². The molecule has 0 aliphatic heterocycles. The Labute approximate surface area is 100 Å². The normalized spacial score (nSPS) is 8.94. The summed E-state index contributed by atoms with van der Waals surface area (Å²) >= 11 is 0. The van der Waals surface area contributed by atoms with E-state index in [1.165, 1.54) is 6.08 Å². The first-order valence-electron chi connectivity index (χ1n) is 5.45.